The Morgan fingerprint density at radius 2 is 0.948 bits per heavy atom. The van der Waals surface area contributed by atoms with E-state index in [0.29, 0.717) is 0 Å². The molecule has 0 saturated carbocycles. The van der Waals surface area contributed by atoms with Crippen LogP contribution in [0.5, 0.6) is 0 Å². The van der Waals surface area contributed by atoms with Crippen molar-refractivity contribution in [3.8, 4) is 22.3 Å². The Kier molecular flexibility index (Phi) is 7.06. The van der Waals surface area contributed by atoms with Crippen molar-refractivity contribution in [1.29, 1.82) is 0 Å². The highest BCUT2D eigenvalue weighted by molar-refractivity contribution is 6.23. The SMILES string of the molecule is Fc1cccc(N(c2ccccc2)c2ccc3c4c(c5ccccc5c3c2)-c2cc(Nc3ccccc3)c3ccccc3c2C42c3ccccc3-c3ccccc32)c1. The maximum absolute atomic E-state index is 14.9. The van der Waals surface area contributed by atoms with E-state index in [1.807, 2.05) is 24.3 Å². The zero-order chi connectivity index (χ0) is 38.4. The van der Waals surface area contributed by atoms with Crippen LogP contribution >= 0.6 is 0 Å². The summed E-state index contributed by atoms with van der Waals surface area (Å²) in [6.07, 6.45) is 0. The van der Waals surface area contributed by atoms with E-state index in [1.54, 1.807) is 12.1 Å². The van der Waals surface area contributed by atoms with Gasteiger partial charge in [-0.3, -0.25) is 0 Å². The van der Waals surface area contributed by atoms with Crippen LogP contribution in [0.2, 0.25) is 0 Å². The summed E-state index contributed by atoms with van der Waals surface area (Å²) in [5.41, 5.74) is 14.5. The molecule has 272 valence electrons. The highest BCUT2D eigenvalue weighted by Crippen LogP contribution is 2.67. The molecule has 12 rings (SSSR count). The highest BCUT2D eigenvalue weighted by atomic mass is 19.1. The lowest BCUT2D eigenvalue weighted by Gasteiger charge is -2.33. The number of hydrogen-bond donors (Lipinski definition) is 1. The first-order valence-corrected chi connectivity index (χ1v) is 19.9. The number of benzene rings is 10. The number of rotatable bonds is 5. The van der Waals surface area contributed by atoms with Crippen LogP contribution in [-0.2, 0) is 5.41 Å². The summed E-state index contributed by atoms with van der Waals surface area (Å²) in [5.74, 6) is -0.269. The van der Waals surface area contributed by atoms with Gasteiger partial charge in [-0.05, 0) is 132 Å². The summed E-state index contributed by atoms with van der Waals surface area (Å²) in [5, 5.41) is 11.0. The third-order valence-electron chi connectivity index (χ3n) is 12.4. The average Bonchev–Trinajstić information content (AvgIpc) is 3.75. The maximum Gasteiger partial charge on any atom is 0.125 e. The van der Waals surface area contributed by atoms with Crippen LogP contribution < -0.4 is 10.2 Å². The van der Waals surface area contributed by atoms with Gasteiger partial charge in [0, 0.05) is 33.8 Å². The minimum Gasteiger partial charge on any atom is -0.355 e. The van der Waals surface area contributed by atoms with Crippen LogP contribution in [0.3, 0.4) is 0 Å². The van der Waals surface area contributed by atoms with E-state index in [2.05, 4.69) is 174 Å². The van der Waals surface area contributed by atoms with Gasteiger partial charge in [0.05, 0.1) is 5.41 Å². The molecule has 2 nitrogen and oxygen atoms in total. The van der Waals surface area contributed by atoms with E-state index >= 15 is 0 Å². The molecule has 10 aromatic carbocycles. The molecule has 58 heavy (non-hydrogen) atoms. The van der Waals surface area contributed by atoms with Gasteiger partial charge in [0.25, 0.3) is 0 Å². The predicted molar refractivity (Wildman–Crippen MR) is 240 cm³/mol. The molecule has 0 saturated heterocycles. The molecule has 0 unspecified atom stereocenters. The van der Waals surface area contributed by atoms with Gasteiger partial charge in [-0.2, -0.15) is 0 Å². The van der Waals surface area contributed by atoms with Gasteiger partial charge in [0.15, 0.2) is 0 Å². The van der Waals surface area contributed by atoms with Gasteiger partial charge >= 0.3 is 0 Å². The molecule has 0 aromatic heterocycles. The van der Waals surface area contributed by atoms with Gasteiger partial charge in [-0.15, -0.1) is 0 Å². The average molecular weight is 743 g/mol. The molecule has 0 heterocycles. The molecule has 1 spiro atoms. The third-order valence-corrected chi connectivity index (χ3v) is 12.4. The second-order valence-electron chi connectivity index (χ2n) is 15.4. The fraction of sp³-hybridized carbons (Fsp3) is 0.0182. The Labute approximate surface area is 336 Å². The normalized spacial score (nSPS) is 13.1. The summed E-state index contributed by atoms with van der Waals surface area (Å²) in [6, 6.07) is 72.8. The van der Waals surface area contributed by atoms with E-state index < -0.39 is 5.41 Å². The summed E-state index contributed by atoms with van der Waals surface area (Å²) in [4.78, 5) is 2.16. The zero-order valence-corrected chi connectivity index (χ0v) is 31.5. The van der Waals surface area contributed by atoms with Gasteiger partial charge in [-0.1, -0.05) is 146 Å². The van der Waals surface area contributed by atoms with Crippen molar-refractivity contribution in [1.82, 2.24) is 0 Å². The molecule has 10 aromatic rings. The standard InChI is InChI=1S/C55H35FN2/c56-35-16-15-21-38(32-35)58(37-19-5-2-6-20-37)39-30-31-46-47(33-39)40-22-7-9-26-44(40)52-48-34-51(57-36-17-3-1-4-18-36)43-25-8-10-27-45(43)53(48)55(54(46)52)49-28-13-11-23-41(49)42-24-12-14-29-50(42)55/h1-34,57H. The molecule has 0 bridgehead atoms. The van der Waals surface area contributed by atoms with Crippen LogP contribution in [0.4, 0.5) is 32.8 Å². The Morgan fingerprint density at radius 3 is 1.67 bits per heavy atom. The van der Waals surface area contributed by atoms with Crippen molar-refractivity contribution in [2.45, 2.75) is 5.41 Å². The molecule has 1 N–H and O–H groups in total. The molecular weight excluding hydrogens is 708 g/mol. The summed E-state index contributed by atoms with van der Waals surface area (Å²) < 4.78 is 14.9. The summed E-state index contributed by atoms with van der Waals surface area (Å²) >= 11 is 0. The van der Waals surface area contributed by atoms with Crippen LogP contribution in [-0.4, -0.2) is 0 Å². The molecule has 2 aliphatic rings. The Hall–Kier alpha value is -7.49. The molecule has 0 fully saturated rings. The summed E-state index contributed by atoms with van der Waals surface area (Å²) in [6.45, 7) is 0. The van der Waals surface area contributed by atoms with E-state index in [-0.39, 0.29) is 5.82 Å². The number of nitrogens with zero attached hydrogens (tertiary/aromatic N) is 1. The molecule has 0 aliphatic heterocycles. The lowest BCUT2D eigenvalue weighted by atomic mass is 9.68. The predicted octanol–water partition coefficient (Wildman–Crippen LogP) is 14.8. The lowest BCUT2D eigenvalue weighted by Crippen LogP contribution is -2.26. The highest BCUT2D eigenvalue weighted by Gasteiger charge is 2.54. The van der Waals surface area contributed by atoms with E-state index in [1.165, 1.54) is 77.5 Å². The molecule has 2 aliphatic carbocycles. The van der Waals surface area contributed by atoms with Crippen LogP contribution in [0.1, 0.15) is 22.3 Å². The van der Waals surface area contributed by atoms with Crippen molar-refractivity contribution in [2.24, 2.45) is 0 Å². The van der Waals surface area contributed by atoms with Crippen LogP contribution in [0, 0.1) is 5.82 Å². The molecule has 0 amide bonds. The number of anilines is 5. The zero-order valence-electron chi connectivity index (χ0n) is 31.5. The smallest absolute Gasteiger partial charge is 0.125 e. The van der Waals surface area contributed by atoms with Gasteiger partial charge in [0.1, 0.15) is 5.82 Å². The van der Waals surface area contributed by atoms with Gasteiger partial charge in [0.2, 0.25) is 0 Å². The maximum atomic E-state index is 14.9. The number of nitrogens with one attached hydrogen (secondary N) is 1. The van der Waals surface area contributed by atoms with E-state index in [4.69, 9.17) is 0 Å². The second kappa shape index (κ2) is 12.5. The van der Waals surface area contributed by atoms with Gasteiger partial charge < -0.3 is 10.2 Å². The largest absolute Gasteiger partial charge is 0.355 e. The third kappa shape index (κ3) is 4.53. The first-order chi connectivity index (χ1) is 28.7. The number of fused-ring (bicyclic) bond motifs is 17. The Bertz CT molecular complexity index is 3230. The minimum absolute atomic E-state index is 0.269. The van der Waals surface area contributed by atoms with Crippen LogP contribution in [0.25, 0.3) is 54.6 Å². The van der Waals surface area contributed by atoms with E-state index in [9.17, 15) is 4.39 Å². The summed E-state index contributed by atoms with van der Waals surface area (Å²) in [7, 11) is 0. The number of para-hydroxylation sites is 2. The number of hydrogen-bond acceptors (Lipinski definition) is 2. The van der Waals surface area contributed by atoms with Crippen molar-refractivity contribution in [3.05, 3.63) is 234 Å². The second-order valence-corrected chi connectivity index (χ2v) is 15.4. The fourth-order valence-electron chi connectivity index (χ4n) is 10.3. The van der Waals surface area contributed by atoms with Crippen molar-refractivity contribution >= 4 is 60.8 Å². The number of halogens is 1. The Morgan fingerprint density at radius 1 is 0.379 bits per heavy atom. The van der Waals surface area contributed by atoms with Gasteiger partial charge in [-0.25, -0.2) is 4.39 Å². The fourth-order valence-corrected chi connectivity index (χ4v) is 10.3. The quantitative estimate of drug-likeness (QED) is 0.177. The first kappa shape index (κ1) is 32.7. The van der Waals surface area contributed by atoms with E-state index in [0.717, 1.165) is 33.8 Å². The van der Waals surface area contributed by atoms with Crippen molar-refractivity contribution in [2.75, 3.05) is 10.2 Å². The monoisotopic (exact) mass is 742 g/mol. The van der Waals surface area contributed by atoms with Crippen molar-refractivity contribution < 1.29 is 4.39 Å². The van der Waals surface area contributed by atoms with Crippen molar-refractivity contribution in [3.63, 3.8) is 0 Å². The topological polar surface area (TPSA) is 15.3 Å². The lowest BCUT2D eigenvalue weighted by molar-refractivity contribution is 0.628. The molecule has 0 radical (unpaired) electrons. The first-order valence-electron chi connectivity index (χ1n) is 19.9. The Balaban J connectivity index is 1.24. The minimum atomic E-state index is -0.603. The molecule has 0 atom stereocenters. The molecule has 3 heteroatoms. The van der Waals surface area contributed by atoms with Crippen LogP contribution in [0.15, 0.2) is 206 Å². The molecular formula is C55H35FN2.